The van der Waals surface area contributed by atoms with Gasteiger partial charge in [-0.15, -0.1) is 0 Å². The van der Waals surface area contributed by atoms with E-state index in [4.69, 9.17) is 11.6 Å². The average molecular weight is 219 g/mol. The van der Waals surface area contributed by atoms with Gasteiger partial charge in [0.1, 0.15) is 5.15 Å². The molecule has 0 saturated heterocycles. The van der Waals surface area contributed by atoms with Gasteiger partial charge in [-0.25, -0.2) is 9.97 Å². The van der Waals surface area contributed by atoms with Crippen LogP contribution in [0, 0.1) is 13.8 Å². The Morgan fingerprint density at radius 1 is 1.07 bits per heavy atom. The van der Waals surface area contributed by atoms with Crippen molar-refractivity contribution in [2.45, 2.75) is 13.8 Å². The molecule has 0 aliphatic rings. The molecule has 1 aromatic heterocycles. The Morgan fingerprint density at radius 3 is 2.53 bits per heavy atom. The van der Waals surface area contributed by atoms with Crippen molar-refractivity contribution in [1.82, 2.24) is 9.97 Å². The molecule has 0 bridgehead atoms. The minimum absolute atomic E-state index is 0.485. The summed E-state index contributed by atoms with van der Waals surface area (Å²) in [5.74, 6) is 0.684. The Morgan fingerprint density at radius 2 is 1.87 bits per heavy atom. The molecule has 15 heavy (non-hydrogen) atoms. The summed E-state index contributed by atoms with van der Waals surface area (Å²) in [6, 6.07) is 9.81. The van der Waals surface area contributed by atoms with E-state index < -0.39 is 0 Å². The fraction of sp³-hybridized carbons (Fsp3) is 0.167. The molecule has 1 aromatic carbocycles. The predicted octanol–water partition coefficient (Wildman–Crippen LogP) is 3.41. The molecule has 0 aliphatic carbocycles. The molecular formula is C12H11ClN2. The number of aromatic nitrogens is 2. The monoisotopic (exact) mass is 218 g/mol. The number of hydrogen-bond donors (Lipinski definition) is 0. The zero-order chi connectivity index (χ0) is 10.8. The lowest BCUT2D eigenvalue weighted by atomic mass is 10.1. The van der Waals surface area contributed by atoms with Crippen molar-refractivity contribution in [3.8, 4) is 11.4 Å². The summed E-state index contributed by atoms with van der Waals surface area (Å²) in [5, 5.41) is 0.485. The molecule has 0 fully saturated rings. The molecule has 2 rings (SSSR count). The second kappa shape index (κ2) is 3.99. The third kappa shape index (κ3) is 2.34. The van der Waals surface area contributed by atoms with Crippen LogP contribution in [0.5, 0.6) is 0 Å². The van der Waals surface area contributed by atoms with Crippen molar-refractivity contribution in [3.63, 3.8) is 0 Å². The lowest BCUT2D eigenvalue weighted by molar-refractivity contribution is 1.11. The SMILES string of the molecule is Cc1cccc(-c2nc(C)cc(Cl)n2)c1. The molecule has 1 heterocycles. The van der Waals surface area contributed by atoms with Gasteiger partial charge in [-0.3, -0.25) is 0 Å². The zero-order valence-electron chi connectivity index (χ0n) is 8.66. The number of halogens is 1. The highest BCUT2D eigenvalue weighted by atomic mass is 35.5. The maximum atomic E-state index is 5.89. The maximum Gasteiger partial charge on any atom is 0.161 e. The number of benzene rings is 1. The molecule has 0 unspecified atom stereocenters. The van der Waals surface area contributed by atoms with Gasteiger partial charge in [0.25, 0.3) is 0 Å². The highest BCUT2D eigenvalue weighted by Gasteiger charge is 2.03. The molecule has 0 N–H and O–H groups in total. The van der Waals surface area contributed by atoms with Crippen LogP contribution in [-0.4, -0.2) is 9.97 Å². The lowest BCUT2D eigenvalue weighted by Gasteiger charge is -2.02. The predicted molar refractivity (Wildman–Crippen MR) is 62.0 cm³/mol. The lowest BCUT2D eigenvalue weighted by Crippen LogP contribution is -1.92. The number of aryl methyl sites for hydroxylation is 2. The van der Waals surface area contributed by atoms with Crippen LogP contribution < -0.4 is 0 Å². The van der Waals surface area contributed by atoms with Gasteiger partial charge >= 0.3 is 0 Å². The van der Waals surface area contributed by atoms with E-state index in [1.54, 1.807) is 6.07 Å². The summed E-state index contributed by atoms with van der Waals surface area (Å²) in [4.78, 5) is 8.55. The molecule has 3 heteroatoms. The average Bonchev–Trinajstić information content (AvgIpc) is 2.16. The highest BCUT2D eigenvalue weighted by Crippen LogP contribution is 2.18. The van der Waals surface area contributed by atoms with Crippen LogP contribution in [0.25, 0.3) is 11.4 Å². The Labute approximate surface area is 94.0 Å². The normalized spacial score (nSPS) is 10.3. The molecule has 76 valence electrons. The Kier molecular flexibility index (Phi) is 2.69. The van der Waals surface area contributed by atoms with Gasteiger partial charge in [0.2, 0.25) is 0 Å². The smallest absolute Gasteiger partial charge is 0.161 e. The third-order valence-electron chi connectivity index (χ3n) is 2.10. The fourth-order valence-corrected chi connectivity index (χ4v) is 1.68. The first kappa shape index (κ1) is 10.1. The highest BCUT2D eigenvalue weighted by molar-refractivity contribution is 6.29. The van der Waals surface area contributed by atoms with Crippen LogP contribution in [0.15, 0.2) is 30.3 Å². The van der Waals surface area contributed by atoms with E-state index in [0.29, 0.717) is 11.0 Å². The molecule has 0 aliphatic heterocycles. The van der Waals surface area contributed by atoms with E-state index in [0.717, 1.165) is 11.3 Å². The Balaban J connectivity index is 2.54. The topological polar surface area (TPSA) is 25.8 Å². The summed E-state index contributed by atoms with van der Waals surface area (Å²) in [7, 11) is 0. The van der Waals surface area contributed by atoms with Gasteiger partial charge < -0.3 is 0 Å². The van der Waals surface area contributed by atoms with Gasteiger partial charge in [-0.1, -0.05) is 35.4 Å². The summed E-state index contributed by atoms with van der Waals surface area (Å²) in [6.07, 6.45) is 0. The zero-order valence-corrected chi connectivity index (χ0v) is 9.42. The minimum Gasteiger partial charge on any atom is -0.233 e. The Bertz CT molecular complexity index is 474. The molecule has 0 radical (unpaired) electrons. The van der Waals surface area contributed by atoms with Gasteiger partial charge in [-0.2, -0.15) is 0 Å². The summed E-state index contributed by atoms with van der Waals surface area (Å²) >= 11 is 5.89. The van der Waals surface area contributed by atoms with E-state index in [2.05, 4.69) is 9.97 Å². The van der Waals surface area contributed by atoms with Crippen molar-refractivity contribution in [3.05, 3.63) is 46.7 Å². The van der Waals surface area contributed by atoms with Crippen LogP contribution in [0.2, 0.25) is 5.15 Å². The number of hydrogen-bond acceptors (Lipinski definition) is 2. The van der Waals surface area contributed by atoms with Crippen LogP contribution in [0.4, 0.5) is 0 Å². The molecule has 2 nitrogen and oxygen atoms in total. The van der Waals surface area contributed by atoms with Crippen molar-refractivity contribution in [2.75, 3.05) is 0 Å². The summed E-state index contributed by atoms with van der Waals surface area (Å²) in [6.45, 7) is 3.95. The van der Waals surface area contributed by atoms with Gasteiger partial charge in [0, 0.05) is 11.3 Å². The van der Waals surface area contributed by atoms with E-state index in [9.17, 15) is 0 Å². The summed E-state index contributed by atoms with van der Waals surface area (Å²) in [5.41, 5.74) is 3.07. The first-order valence-corrected chi connectivity index (χ1v) is 5.11. The standard InChI is InChI=1S/C12H11ClN2/c1-8-4-3-5-10(6-8)12-14-9(2)7-11(13)15-12/h3-7H,1-2H3. The maximum absolute atomic E-state index is 5.89. The first-order valence-electron chi connectivity index (χ1n) is 4.73. The van der Waals surface area contributed by atoms with E-state index in [1.165, 1.54) is 5.56 Å². The minimum atomic E-state index is 0.485. The Hall–Kier alpha value is -1.41. The van der Waals surface area contributed by atoms with E-state index in [-0.39, 0.29) is 0 Å². The summed E-state index contributed by atoms with van der Waals surface area (Å²) < 4.78 is 0. The molecule has 0 spiro atoms. The first-order chi connectivity index (χ1) is 7.15. The van der Waals surface area contributed by atoms with Crippen LogP contribution in [0.1, 0.15) is 11.3 Å². The largest absolute Gasteiger partial charge is 0.233 e. The van der Waals surface area contributed by atoms with Gasteiger partial charge in [0.05, 0.1) is 0 Å². The second-order valence-electron chi connectivity index (χ2n) is 3.53. The van der Waals surface area contributed by atoms with Crippen molar-refractivity contribution in [1.29, 1.82) is 0 Å². The molecule has 0 atom stereocenters. The van der Waals surface area contributed by atoms with Gasteiger partial charge in [0.15, 0.2) is 5.82 Å². The number of nitrogens with zero attached hydrogens (tertiary/aromatic N) is 2. The van der Waals surface area contributed by atoms with Crippen LogP contribution in [-0.2, 0) is 0 Å². The van der Waals surface area contributed by atoms with Crippen molar-refractivity contribution < 1.29 is 0 Å². The molecule has 0 saturated carbocycles. The van der Waals surface area contributed by atoms with Crippen molar-refractivity contribution in [2.24, 2.45) is 0 Å². The molecule has 0 amide bonds. The fourth-order valence-electron chi connectivity index (χ4n) is 1.44. The third-order valence-corrected chi connectivity index (χ3v) is 2.29. The number of rotatable bonds is 1. The van der Waals surface area contributed by atoms with Gasteiger partial charge in [-0.05, 0) is 26.0 Å². The molecular weight excluding hydrogens is 208 g/mol. The van der Waals surface area contributed by atoms with Crippen LogP contribution >= 0.6 is 11.6 Å². The van der Waals surface area contributed by atoms with E-state index in [1.807, 2.05) is 38.1 Å². The quantitative estimate of drug-likeness (QED) is 0.686. The van der Waals surface area contributed by atoms with E-state index >= 15 is 0 Å². The van der Waals surface area contributed by atoms with Crippen LogP contribution in [0.3, 0.4) is 0 Å². The van der Waals surface area contributed by atoms with Crippen molar-refractivity contribution >= 4 is 11.6 Å². The molecule has 2 aromatic rings. The second-order valence-corrected chi connectivity index (χ2v) is 3.91.